The quantitative estimate of drug-likeness (QED) is 0.442. The van der Waals surface area contributed by atoms with E-state index in [1.165, 1.54) is 0 Å². The van der Waals surface area contributed by atoms with Gasteiger partial charge in [-0.05, 0) is 17.4 Å². The van der Waals surface area contributed by atoms with Crippen LogP contribution in [-0.2, 0) is 11.8 Å². The second-order valence-electron chi connectivity index (χ2n) is 4.84. The number of hydrogen-bond acceptors (Lipinski definition) is 2. The zero-order chi connectivity index (χ0) is 12.3. The van der Waals surface area contributed by atoms with E-state index in [0.717, 1.165) is 5.56 Å². The molecule has 0 aromatic heterocycles. The first-order valence-corrected chi connectivity index (χ1v) is 5.25. The van der Waals surface area contributed by atoms with E-state index in [2.05, 4.69) is 6.58 Å². The minimum absolute atomic E-state index is 0.0720. The highest BCUT2D eigenvalue weighted by Crippen LogP contribution is 2.28. The van der Waals surface area contributed by atoms with Crippen LogP contribution in [0.1, 0.15) is 31.9 Å². The van der Waals surface area contributed by atoms with Crippen molar-refractivity contribution in [2.45, 2.75) is 32.6 Å². The molecular weight excluding hydrogens is 202 g/mol. The Kier molecular flexibility index (Phi) is 3.48. The molecule has 0 atom stereocenters. The Morgan fingerprint density at radius 2 is 2.06 bits per heavy atom. The SMILES string of the molecule is C=CCc1ccc(C(C)(C)C)cc1[N+](=O)[O-]. The van der Waals surface area contributed by atoms with Crippen molar-refractivity contribution in [2.24, 2.45) is 0 Å². The van der Waals surface area contributed by atoms with E-state index in [4.69, 9.17) is 0 Å². The molecule has 86 valence electrons. The molecular formula is C13H17NO2. The zero-order valence-electron chi connectivity index (χ0n) is 9.99. The highest BCUT2D eigenvalue weighted by Gasteiger charge is 2.19. The lowest BCUT2D eigenvalue weighted by molar-refractivity contribution is -0.385. The first-order valence-electron chi connectivity index (χ1n) is 5.25. The highest BCUT2D eigenvalue weighted by atomic mass is 16.6. The Morgan fingerprint density at radius 1 is 1.44 bits per heavy atom. The molecule has 16 heavy (non-hydrogen) atoms. The van der Waals surface area contributed by atoms with Gasteiger partial charge in [0.05, 0.1) is 4.92 Å². The third-order valence-corrected chi connectivity index (χ3v) is 2.51. The van der Waals surface area contributed by atoms with Crippen molar-refractivity contribution in [3.63, 3.8) is 0 Å². The maximum atomic E-state index is 10.9. The molecule has 0 aliphatic heterocycles. The lowest BCUT2D eigenvalue weighted by Gasteiger charge is -2.19. The van der Waals surface area contributed by atoms with Gasteiger partial charge in [0.15, 0.2) is 0 Å². The Labute approximate surface area is 95.9 Å². The van der Waals surface area contributed by atoms with Gasteiger partial charge < -0.3 is 0 Å². The van der Waals surface area contributed by atoms with Gasteiger partial charge in [-0.15, -0.1) is 6.58 Å². The summed E-state index contributed by atoms with van der Waals surface area (Å²) in [6, 6.07) is 5.44. The van der Waals surface area contributed by atoms with Gasteiger partial charge >= 0.3 is 0 Å². The fraction of sp³-hybridized carbons (Fsp3) is 0.385. The van der Waals surface area contributed by atoms with E-state index in [9.17, 15) is 10.1 Å². The number of nitro benzene ring substituents is 1. The number of rotatable bonds is 3. The predicted octanol–water partition coefficient (Wildman–Crippen LogP) is 3.62. The molecule has 0 bridgehead atoms. The summed E-state index contributed by atoms with van der Waals surface area (Å²) in [4.78, 5) is 10.6. The van der Waals surface area contributed by atoms with Crippen LogP contribution in [0.2, 0.25) is 0 Å². The second-order valence-corrected chi connectivity index (χ2v) is 4.84. The molecule has 0 N–H and O–H groups in total. The minimum atomic E-state index is -0.325. The molecule has 0 fully saturated rings. The Balaban J connectivity index is 3.28. The average Bonchev–Trinajstić information content (AvgIpc) is 2.16. The second kappa shape index (κ2) is 4.47. The summed E-state index contributed by atoms with van der Waals surface area (Å²) in [7, 11) is 0. The molecule has 0 amide bonds. The van der Waals surface area contributed by atoms with Crippen LogP contribution in [0.4, 0.5) is 5.69 Å². The van der Waals surface area contributed by atoms with Gasteiger partial charge in [0.1, 0.15) is 0 Å². The van der Waals surface area contributed by atoms with E-state index in [0.29, 0.717) is 12.0 Å². The first-order chi connectivity index (χ1) is 7.36. The molecule has 1 aromatic carbocycles. The van der Waals surface area contributed by atoms with Crippen molar-refractivity contribution in [3.8, 4) is 0 Å². The predicted molar refractivity (Wildman–Crippen MR) is 65.7 cm³/mol. The maximum Gasteiger partial charge on any atom is 0.273 e. The normalized spacial score (nSPS) is 11.2. The number of allylic oxidation sites excluding steroid dienone is 1. The van der Waals surface area contributed by atoms with Crippen molar-refractivity contribution in [1.82, 2.24) is 0 Å². The maximum absolute atomic E-state index is 10.9. The van der Waals surface area contributed by atoms with Gasteiger partial charge in [0.2, 0.25) is 0 Å². The van der Waals surface area contributed by atoms with Crippen LogP contribution in [0.25, 0.3) is 0 Å². The summed E-state index contributed by atoms with van der Waals surface area (Å²) in [5.74, 6) is 0. The van der Waals surface area contributed by atoms with Crippen LogP contribution >= 0.6 is 0 Å². The molecule has 0 aliphatic rings. The minimum Gasteiger partial charge on any atom is -0.258 e. The standard InChI is InChI=1S/C13H17NO2/c1-5-6-10-7-8-11(13(2,3)4)9-12(10)14(15)16/h5,7-9H,1,6H2,2-4H3. The van der Waals surface area contributed by atoms with Gasteiger partial charge in [-0.3, -0.25) is 10.1 Å². The first kappa shape index (κ1) is 12.4. The molecule has 0 heterocycles. The number of nitro groups is 1. The summed E-state index contributed by atoms with van der Waals surface area (Å²) in [6.45, 7) is 9.73. The summed E-state index contributed by atoms with van der Waals surface area (Å²) in [6.07, 6.45) is 2.21. The van der Waals surface area contributed by atoms with Gasteiger partial charge in [0, 0.05) is 11.6 Å². The lowest BCUT2D eigenvalue weighted by atomic mass is 9.86. The van der Waals surface area contributed by atoms with Crippen molar-refractivity contribution in [3.05, 3.63) is 52.1 Å². The van der Waals surface area contributed by atoms with E-state index in [1.54, 1.807) is 12.1 Å². The third kappa shape index (κ3) is 2.69. The fourth-order valence-corrected chi connectivity index (χ4v) is 1.53. The van der Waals surface area contributed by atoms with Crippen LogP contribution in [0, 0.1) is 10.1 Å². The average molecular weight is 219 g/mol. The molecule has 0 unspecified atom stereocenters. The van der Waals surface area contributed by atoms with Crippen LogP contribution < -0.4 is 0 Å². The topological polar surface area (TPSA) is 43.1 Å². The van der Waals surface area contributed by atoms with Crippen LogP contribution in [0.5, 0.6) is 0 Å². The van der Waals surface area contributed by atoms with Gasteiger partial charge in [-0.2, -0.15) is 0 Å². The van der Waals surface area contributed by atoms with E-state index in [-0.39, 0.29) is 16.0 Å². The molecule has 0 saturated heterocycles. The van der Waals surface area contributed by atoms with Crippen LogP contribution in [0.15, 0.2) is 30.9 Å². The lowest BCUT2D eigenvalue weighted by Crippen LogP contribution is -2.11. The fourth-order valence-electron chi connectivity index (χ4n) is 1.53. The van der Waals surface area contributed by atoms with E-state index in [1.807, 2.05) is 32.9 Å². The van der Waals surface area contributed by atoms with Gasteiger partial charge in [-0.1, -0.05) is 39.0 Å². The Hall–Kier alpha value is -1.64. The van der Waals surface area contributed by atoms with E-state index < -0.39 is 0 Å². The summed E-state index contributed by atoms with van der Waals surface area (Å²) in [5, 5.41) is 10.9. The zero-order valence-corrected chi connectivity index (χ0v) is 9.99. The monoisotopic (exact) mass is 219 g/mol. The summed E-state index contributed by atoms with van der Waals surface area (Å²) >= 11 is 0. The van der Waals surface area contributed by atoms with Crippen LogP contribution in [0.3, 0.4) is 0 Å². The molecule has 0 saturated carbocycles. The van der Waals surface area contributed by atoms with E-state index >= 15 is 0 Å². The highest BCUT2D eigenvalue weighted by molar-refractivity contribution is 5.46. The molecule has 0 spiro atoms. The number of hydrogen-bond donors (Lipinski definition) is 0. The molecule has 1 aromatic rings. The molecule has 1 rings (SSSR count). The number of nitrogens with zero attached hydrogens (tertiary/aromatic N) is 1. The van der Waals surface area contributed by atoms with Crippen molar-refractivity contribution < 1.29 is 4.92 Å². The number of benzene rings is 1. The summed E-state index contributed by atoms with van der Waals surface area (Å²) < 4.78 is 0. The Morgan fingerprint density at radius 3 is 2.50 bits per heavy atom. The van der Waals surface area contributed by atoms with Crippen LogP contribution in [-0.4, -0.2) is 4.92 Å². The van der Waals surface area contributed by atoms with Crippen molar-refractivity contribution in [1.29, 1.82) is 0 Å². The molecule has 0 aliphatic carbocycles. The van der Waals surface area contributed by atoms with Gasteiger partial charge in [0.25, 0.3) is 5.69 Å². The Bertz CT molecular complexity index is 416. The summed E-state index contributed by atoms with van der Waals surface area (Å²) in [5.41, 5.74) is 1.81. The molecule has 0 radical (unpaired) electrons. The third-order valence-electron chi connectivity index (χ3n) is 2.51. The molecule has 3 nitrogen and oxygen atoms in total. The molecule has 3 heteroatoms. The largest absolute Gasteiger partial charge is 0.273 e. The van der Waals surface area contributed by atoms with Crippen molar-refractivity contribution >= 4 is 5.69 Å². The smallest absolute Gasteiger partial charge is 0.258 e. The van der Waals surface area contributed by atoms with Crippen molar-refractivity contribution in [2.75, 3.05) is 0 Å². The van der Waals surface area contributed by atoms with Gasteiger partial charge in [-0.25, -0.2) is 0 Å².